The fraction of sp³-hybridized carbons (Fsp3) is 0.250. The first kappa shape index (κ1) is 26.6. The summed E-state index contributed by atoms with van der Waals surface area (Å²) >= 11 is 1.69. The number of carbonyl (C=O) groups excluding carboxylic acids is 2. The molecule has 9 heteroatoms. The fourth-order valence-electron chi connectivity index (χ4n) is 4.28. The van der Waals surface area contributed by atoms with Gasteiger partial charge in [-0.05, 0) is 30.3 Å². The molecule has 0 radical (unpaired) electrons. The molecule has 1 aliphatic rings. The Morgan fingerprint density at radius 1 is 0.919 bits per heavy atom. The lowest BCUT2D eigenvalue weighted by molar-refractivity contribution is 0.0946. The summed E-state index contributed by atoms with van der Waals surface area (Å²) in [5.41, 5.74) is 2.76. The lowest BCUT2D eigenvalue weighted by atomic mass is 10.0. The molecule has 37 heavy (non-hydrogen) atoms. The largest absolute Gasteiger partial charge is 0.497 e. The SMILES string of the molecule is COc1ccc2nc(N3CCN(CCNC(=O)c4ccc(C(=O)c5ccccc5)cc4)CC3)sc2c1.Cl. The van der Waals surface area contributed by atoms with E-state index in [1.807, 2.05) is 36.4 Å². The molecule has 7 nitrogen and oxygen atoms in total. The van der Waals surface area contributed by atoms with Crippen molar-refractivity contribution in [3.05, 3.63) is 89.5 Å². The van der Waals surface area contributed by atoms with Gasteiger partial charge in [0.1, 0.15) is 5.75 Å². The molecular formula is C28H29ClN4O3S. The maximum atomic E-state index is 12.6. The van der Waals surface area contributed by atoms with Crippen molar-refractivity contribution in [1.29, 1.82) is 0 Å². The monoisotopic (exact) mass is 536 g/mol. The number of hydrogen-bond donors (Lipinski definition) is 1. The topological polar surface area (TPSA) is 74.8 Å². The van der Waals surface area contributed by atoms with Crippen LogP contribution in [0, 0.1) is 0 Å². The molecule has 1 fully saturated rings. The molecule has 0 atom stereocenters. The van der Waals surface area contributed by atoms with Crippen LogP contribution in [-0.2, 0) is 0 Å². The Morgan fingerprint density at radius 3 is 2.30 bits per heavy atom. The number of carbonyl (C=O) groups is 2. The van der Waals surface area contributed by atoms with Gasteiger partial charge in [0, 0.05) is 56.0 Å². The smallest absolute Gasteiger partial charge is 0.251 e. The van der Waals surface area contributed by atoms with Gasteiger partial charge in [0.15, 0.2) is 10.9 Å². The zero-order chi connectivity index (χ0) is 24.9. The van der Waals surface area contributed by atoms with E-state index in [-0.39, 0.29) is 24.1 Å². The Morgan fingerprint density at radius 2 is 1.59 bits per heavy atom. The van der Waals surface area contributed by atoms with Crippen molar-refractivity contribution in [2.24, 2.45) is 0 Å². The number of halogens is 1. The van der Waals surface area contributed by atoms with Gasteiger partial charge < -0.3 is 15.0 Å². The number of hydrogen-bond acceptors (Lipinski definition) is 7. The quantitative estimate of drug-likeness (QED) is 0.334. The normalized spacial score (nSPS) is 13.7. The Balaban J connectivity index is 0.00000320. The molecule has 1 amide bonds. The van der Waals surface area contributed by atoms with E-state index < -0.39 is 0 Å². The zero-order valence-corrected chi connectivity index (χ0v) is 22.2. The predicted molar refractivity (Wildman–Crippen MR) is 151 cm³/mol. The number of amides is 1. The van der Waals surface area contributed by atoms with Crippen LogP contribution in [0.1, 0.15) is 26.3 Å². The first-order valence-electron chi connectivity index (χ1n) is 12.0. The van der Waals surface area contributed by atoms with E-state index in [1.165, 1.54) is 0 Å². The van der Waals surface area contributed by atoms with Crippen molar-refractivity contribution >= 4 is 50.8 Å². The highest BCUT2D eigenvalue weighted by molar-refractivity contribution is 7.22. The van der Waals surface area contributed by atoms with Crippen molar-refractivity contribution in [2.45, 2.75) is 0 Å². The van der Waals surface area contributed by atoms with Crippen LogP contribution in [-0.4, -0.2) is 68.0 Å². The van der Waals surface area contributed by atoms with Crippen LogP contribution in [0.3, 0.4) is 0 Å². The number of ketones is 1. The van der Waals surface area contributed by atoms with E-state index in [0.29, 0.717) is 23.2 Å². The highest BCUT2D eigenvalue weighted by Gasteiger charge is 2.20. The average molecular weight is 537 g/mol. The van der Waals surface area contributed by atoms with Gasteiger partial charge in [-0.3, -0.25) is 14.5 Å². The van der Waals surface area contributed by atoms with Crippen molar-refractivity contribution in [3.8, 4) is 5.75 Å². The number of ether oxygens (including phenoxy) is 1. The third-order valence-electron chi connectivity index (χ3n) is 6.39. The third kappa shape index (κ3) is 6.28. The average Bonchev–Trinajstić information content (AvgIpc) is 3.37. The summed E-state index contributed by atoms with van der Waals surface area (Å²) in [6.07, 6.45) is 0. The van der Waals surface area contributed by atoms with E-state index in [9.17, 15) is 9.59 Å². The van der Waals surface area contributed by atoms with Crippen LogP contribution in [0.2, 0.25) is 0 Å². The van der Waals surface area contributed by atoms with Gasteiger partial charge in [-0.25, -0.2) is 4.98 Å². The van der Waals surface area contributed by atoms with Gasteiger partial charge in [0.25, 0.3) is 5.91 Å². The Bertz CT molecular complexity index is 1350. The summed E-state index contributed by atoms with van der Waals surface area (Å²) in [5, 5.41) is 4.04. The summed E-state index contributed by atoms with van der Waals surface area (Å²) in [7, 11) is 1.68. The van der Waals surface area contributed by atoms with E-state index in [4.69, 9.17) is 9.72 Å². The molecule has 1 saturated heterocycles. The molecule has 0 spiro atoms. The van der Waals surface area contributed by atoms with Crippen LogP contribution in [0.15, 0.2) is 72.8 Å². The van der Waals surface area contributed by atoms with Gasteiger partial charge in [0.2, 0.25) is 0 Å². The summed E-state index contributed by atoms with van der Waals surface area (Å²) in [6.45, 7) is 5.02. The minimum atomic E-state index is -0.128. The lowest BCUT2D eigenvalue weighted by Gasteiger charge is -2.34. The molecule has 5 rings (SSSR count). The van der Waals surface area contributed by atoms with E-state index in [1.54, 1.807) is 54.8 Å². The highest BCUT2D eigenvalue weighted by Crippen LogP contribution is 2.31. The molecule has 0 aliphatic carbocycles. The molecule has 3 aromatic carbocycles. The highest BCUT2D eigenvalue weighted by atomic mass is 35.5. The number of benzene rings is 3. The molecule has 192 valence electrons. The summed E-state index contributed by atoms with van der Waals surface area (Å²) < 4.78 is 6.45. The van der Waals surface area contributed by atoms with Gasteiger partial charge in [-0.1, -0.05) is 53.8 Å². The standard InChI is InChI=1S/C28H28N4O3S.ClH/c1-35-23-11-12-24-25(19-23)36-28(30-24)32-17-15-31(16-18-32)14-13-29-27(34)22-9-7-21(8-10-22)26(33)20-5-3-2-4-6-20;/h2-12,19H,13-18H2,1H3,(H,29,34);1H. The number of thiazole rings is 1. The lowest BCUT2D eigenvalue weighted by Crippen LogP contribution is -2.48. The number of anilines is 1. The van der Waals surface area contributed by atoms with E-state index >= 15 is 0 Å². The summed E-state index contributed by atoms with van der Waals surface area (Å²) in [4.78, 5) is 34.6. The van der Waals surface area contributed by atoms with Crippen molar-refractivity contribution in [3.63, 3.8) is 0 Å². The third-order valence-corrected chi connectivity index (χ3v) is 7.46. The molecule has 0 saturated carbocycles. The second-order valence-corrected chi connectivity index (χ2v) is 9.70. The molecule has 1 aromatic heterocycles. The zero-order valence-electron chi connectivity index (χ0n) is 20.6. The van der Waals surface area contributed by atoms with Gasteiger partial charge in [0.05, 0.1) is 17.3 Å². The van der Waals surface area contributed by atoms with Crippen LogP contribution in [0.4, 0.5) is 5.13 Å². The van der Waals surface area contributed by atoms with Crippen molar-refractivity contribution in [1.82, 2.24) is 15.2 Å². The molecule has 1 aliphatic heterocycles. The molecule has 1 N–H and O–H groups in total. The predicted octanol–water partition coefficient (Wildman–Crippen LogP) is 4.51. The second-order valence-electron chi connectivity index (χ2n) is 8.69. The maximum Gasteiger partial charge on any atom is 0.251 e. The molecule has 2 heterocycles. The number of piperazine rings is 1. The number of aromatic nitrogens is 1. The number of nitrogens with one attached hydrogen (secondary N) is 1. The minimum Gasteiger partial charge on any atom is -0.497 e. The van der Waals surface area contributed by atoms with Gasteiger partial charge in [-0.15, -0.1) is 12.4 Å². The number of nitrogens with zero attached hydrogens (tertiary/aromatic N) is 3. The summed E-state index contributed by atoms with van der Waals surface area (Å²) in [5.74, 6) is 0.672. The summed E-state index contributed by atoms with van der Waals surface area (Å²) in [6, 6.07) is 21.9. The first-order valence-corrected chi connectivity index (χ1v) is 12.8. The number of methoxy groups -OCH3 is 1. The van der Waals surface area contributed by atoms with E-state index in [0.717, 1.165) is 53.8 Å². The minimum absolute atomic E-state index is 0. The molecular weight excluding hydrogens is 508 g/mol. The van der Waals surface area contributed by atoms with E-state index in [2.05, 4.69) is 15.1 Å². The Kier molecular flexibility index (Phi) is 8.76. The molecule has 0 unspecified atom stereocenters. The van der Waals surface area contributed by atoms with Gasteiger partial charge >= 0.3 is 0 Å². The Labute approximate surface area is 226 Å². The number of rotatable bonds is 8. The van der Waals surface area contributed by atoms with Crippen LogP contribution in [0.25, 0.3) is 10.2 Å². The number of fused-ring (bicyclic) bond motifs is 1. The molecule has 4 aromatic rings. The van der Waals surface area contributed by atoms with Crippen LogP contribution in [0.5, 0.6) is 5.75 Å². The fourth-order valence-corrected chi connectivity index (χ4v) is 5.32. The second kappa shape index (κ2) is 12.2. The Hall–Kier alpha value is -3.46. The molecule has 0 bridgehead atoms. The van der Waals surface area contributed by atoms with Crippen molar-refractivity contribution < 1.29 is 14.3 Å². The van der Waals surface area contributed by atoms with Crippen LogP contribution < -0.4 is 15.0 Å². The van der Waals surface area contributed by atoms with Crippen molar-refractivity contribution in [2.75, 3.05) is 51.3 Å². The first-order chi connectivity index (χ1) is 17.6. The maximum absolute atomic E-state index is 12.6. The van der Waals surface area contributed by atoms with Gasteiger partial charge in [-0.2, -0.15) is 0 Å². The van der Waals surface area contributed by atoms with Crippen LogP contribution >= 0.6 is 23.7 Å².